The van der Waals surface area contributed by atoms with Crippen LogP contribution in [0.2, 0.25) is 0 Å². The Kier molecular flexibility index (Phi) is 4.66. The fourth-order valence-electron chi connectivity index (χ4n) is 3.66. The molecule has 0 amide bonds. The van der Waals surface area contributed by atoms with Gasteiger partial charge in [-0.3, -0.25) is 4.90 Å². The lowest BCUT2D eigenvalue weighted by atomic mass is 9.84. The van der Waals surface area contributed by atoms with Crippen molar-refractivity contribution in [3.05, 3.63) is 0 Å². The van der Waals surface area contributed by atoms with E-state index < -0.39 is 0 Å². The van der Waals surface area contributed by atoms with E-state index in [9.17, 15) is 0 Å². The fraction of sp³-hybridized carbons (Fsp3) is 1.00. The molecule has 0 bridgehead atoms. The molecule has 1 saturated carbocycles. The number of rotatable bonds is 3. The lowest BCUT2D eigenvalue weighted by Crippen LogP contribution is -2.51. The molecule has 1 saturated heterocycles. The lowest BCUT2D eigenvalue weighted by Gasteiger charge is -2.44. The maximum absolute atomic E-state index is 3.38. The fourth-order valence-corrected chi connectivity index (χ4v) is 3.66. The summed E-state index contributed by atoms with van der Waals surface area (Å²) in [4.78, 5) is 2.83. The van der Waals surface area contributed by atoms with Crippen molar-refractivity contribution in [2.45, 2.75) is 64.0 Å². The van der Waals surface area contributed by atoms with Gasteiger partial charge in [0.05, 0.1) is 0 Å². The van der Waals surface area contributed by atoms with Gasteiger partial charge in [0.2, 0.25) is 0 Å². The monoisotopic (exact) mass is 224 g/mol. The first-order valence-electron chi connectivity index (χ1n) is 7.21. The molecule has 1 aliphatic heterocycles. The quantitative estimate of drug-likeness (QED) is 0.793. The molecule has 3 atom stereocenters. The average Bonchev–Trinajstić information content (AvgIpc) is 2.30. The Morgan fingerprint density at radius 1 is 1.12 bits per heavy atom. The summed E-state index contributed by atoms with van der Waals surface area (Å²) in [5.41, 5.74) is 0. The van der Waals surface area contributed by atoms with Crippen molar-refractivity contribution in [2.24, 2.45) is 5.92 Å². The Morgan fingerprint density at radius 3 is 2.75 bits per heavy atom. The van der Waals surface area contributed by atoms with E-state index in [0.717, 1.165) is 18.0 Å². The van der Waals surface area contributed by atoms with Gasteiger partial charge < -0.3 is 5.32 Å². The number of piperidine rings is 1. The van der Waals surface area contributed by atoms with Gasteiger partial charge in [0.15, 0.2) is 0 Å². The normalized spacial score (nSPS) is 37.5. The molecule has 0 aromatic heterocycles. The van der Waals surface area contributed by atoms with Crippen LogP contribution in [0.5, 0.6) is 0 Å². The van der Waals surface area contributed by atoms with E-state index in [-0.39, 0.29) is 0 Å². The summed E-state index contributed by atoms with van der Waals surface area (Å²) < 4.78 is 0. The lowest BCUT2D eigenvalue weighted by molar-refractivity contribution is 0.0614. The van der Waals surface area contributed by atoms with Crippen LogP contribution in [0.1, 0.15) is 51.9 Å². The molecule has 16 heavy (non-hydrogen) atoms. The highest BCUT2D eigenvalue weighted by molar-refractivity contribution is 4.86. The van der Waals surface area contributed by atoms with Gasteiger partial charge in [-0.25, -0.2) is 0 Å². The highest BCUT2D eigenvalue weighted by Crippen LogP contribution is 2.31. The van der Waals surface area contributed by atoms with Crippen LogP contribution in [0.25, 0.3) is 0 Å². The number of likely N-dealkylation sites (tertiary alicyclic amines) is 1. The predicted molar refractivity (Wildman–Crippen MR) is 69.7 cm³/mol. The Labute approximate surface area is 101 Å². The topological polar surface area (TPSA) is 15.3 Å². The third-order valence-corrected chi connectivity index (χ3v) is 4.49. The predicted octanol–water partition coefficient (Wildman–Crippen LogP) is 2.64. The van der Waals surface area contributed by atoms with Crippen LogP contribution in [0.15, 0.2) is 0 Å². The van der Waals surface area contributed by atoms with Crippen LogP contribution >= 0.6 is 0 Å². The molecule has 0 spiro atoms. The van der Waals surface area contributed by atoms with Gasteiger partial charge in [0, 0.05) is 18.6 Å². The van der Waals surface area contributed by atoms with Crippen molar-refractivity contribution in [1.82, 2.24) is 10.2 Å². The summed E-state index contributed by atoms with van der Waals surface area (Å²) in [7, 11) is 2.09. The van der Waals surface area contributed by atoms with Crippen molar-refractivity contribution in [3.63, 3.8) is 0 Å². The van der Waals surface area contributed by atoms with Crippen LogP contribution < -0.4 is 5.32 Å². The van der Waals surface area contributed by atoms with E-state index in [1.807, 2.05) is 0 Å². The smallest absolute Gasteiger partial charge is 0.0223 e. The van der Waals surface area contributed by atoms with Gasteiger partial charge in [-0.2, -0.15) is 0 Å². The molecular formula is C14H28N2. The number of nitrogens with zero attached hydrogens (tertiary/aromatic N) is 1. The molecule has 2 aliphatic rings. The molecule has 2 fully saturated rings. The van der Waals surface area contributed by atoms with Crippen molar-refractivity contribution in [2.75, 3.05) is 20.1 Å². The molecule has 0 aromatic carbocycles. The third-order valence-electron chi connectivity index (χ3n) is 4.49. The molecule has 1 heterocycles. The summed E-state index contributed by atoms with van der Waals surface area (Å²) in [6.45, 7) is 4.97. The largest absolute Gasteiger partial charge is 0.318 e. The van der Waals surface area contributed by atoms with Crippen molar-refractivity contribution in [3.8, 4) is 0 Å². The summed E-state index contributed by atoms with van der Waals surface area (Å²) in [5, 5.41) is 3.38. The Balaban J connectivity index is 1.93. The second-order valence-corrected chi connectivity index (χ2v) is 5.87. The minimum atomic E-state index is 0.814. The number of likely N-dealkylation sites (N-methyl/N-ethyl adjacent to an activating group) is 1. The first kappa shape index (κ1) is 12.4. The average molecular weight is 224 g/mol. The first-order chi connectivity index (χ1) is 7.81. The van der Waals surface area contributed by atoms with E-state index in [4.69, 9.17) is 0 Å². The molecule has 1 N–H and O–H groups in total. The van der Waals surface area contributed by atoms with Crippen molar-refractivity contribution >= 4 is 0 Å². The third kappa shape index (κ3) is 2.98. The summed E-state index contributed by atoms with van der Waals surface area (Å²) in [5.74, 6) is 0.955. The zero-order chi connectivity index (χ0) is 11.4. The summed E-state index contributed by atoms with van der Waals surface area (Å²) >= 11 is 0. The zero-order valence-electron chi connectivity index (χ0n) is 11.0. The Hall–Kier alpha value is -0.0800. The molecule has 0 aromatic rings. The maximum atomic E-state index is 3.38. The SMILES string of the molecule is CNCC1CCCCN1C1CCCC(C)C1. The van der Waals surface area contributed by atoms with E-state index in [0.29, 0.717) is 0 Å². The highest BCUT2D eigenvalue weighted by Gasteiger charge is 2.30. The van der Waals surface area contributed by atoms with Crippen LogP contribution in [-0.4, -0.2) is 37.1 Å². The van der Waals surface area contributed by atoms with Gasteiger partial charge in [0.1, 0.15) is 0 Å². The van der Waals surface area contributed by atoms with Gasteiger partial charge in [-0.1, -0.05) is 26.2 Å². The standard InChI is InChI=1S/C14H28N2/c1-12-6-5-8-13(10-12)16-9-4-3-7-14(16)11-15-2/h12-15H,3-11H2,1-2H3. The summed E-state index contributed by atoms with van der Waals surface area (Å²) in [6, 6.07) is 1.71. The second-order valence-electron chi connectivity index (χ2n) is 5.87. The molecule has 0 radical (unpaired) electrons. The van der Waals surface area contributed by atoms with E-state index in [1.165, 1.54) is 58.0 Å². The van der Waals surface area contributed by atoms with Crippen LogP contribution in [0, 0.1) is 5.92 Å². The molecule has 2 rings (SSSR count). The van der Waals surface area contributed by atoms with Crippen molar-refractivity contribution in [1.29, 1.82) is 0 Å². The Morgan fingerprint density at radius 2 is 2.00 bits per heavy atom. The van der Waals surface area contributed by atoms with Crippen LogP contribution in [0.3, 0.4) is 0 Å². The number of hydrogen-bond donors (Lipinski definition) is 1. The number of hydrogen-bond acceptors (Lipinski definition) is 2. The number of nitrogens with one attached hydrogen (secondary N) is 1. The van der Waals surface area contributed by atoms with E-state index >= 15 is 0 Å². The van der Waals surface area contributed by atoms with Crippen molar-refractivity contribution < 1.29 is 0 Å². The molecular weight excluding hydrogens is 196 g/mol. The van der Waals surface area contributed by atoms with E-state index in [1.54, 1.807) is 0 Å². The van der Waals surface area contributed by atoms with Gasteiger partial charge in [0.25, 0.3) is 0 Å². The maximum Gasteiger partial charge on any atom is 0.0223 e. The zero-order valence-corrected chi connectivity index (χ0v) is 11.0. The molecule has 1 aliphatic carbocycles. The second kappa shape index (κ2) is 6.02. The first-order valence-corrected chi connectivity index (χ1v) is 7.21. The van der Waals surface area contributed by atoms with Crippen LogP contribution in [0.4, 0.5) is 0 Å². The van der Waals surface area contributed by atoms with Gasteiger partial charge in [-0.15, -0.1) is 0 Å². The van der Waals surface area contributed by atoms with Gasteiger partial charge >= 0.3 is 0 Å². The highest BCUT2D eigenvalue weighted by atomic mass is 15.2. The minimum absolute atomic E-state index is 0.814. The summed E-state index contributed by atoms with van der Waals surface area (Å²) in [6.07, 6.45) is 10.1. The van der Waals surface area contributed by atoms with Gasteiger partial charge in [-0.05, 0) is 45.2 Å². The van der Waals surface area contributed by atoms with E-state index in [2.05, 4.69) is 24.2 Å². The molecule has 3 unspecified atom stereocenters. The Bertz CT molecular complexity index is 203. The molecule has 2 nitrogen and oxygen atoms in total. The molecule has 94 valence electrons. The van der Waals surface area contributed by atoms with Crippen LogP contribution in [-0.2, 0) is 0 Å². The minimum Gasteiger partial charge on any atom is -0.318 e. The molecule has 2 heteroatoms.